The van der Waals surface area contributed by atoms with Crippen LogP contribution in [0.5, 0.6) is 0 Å². The maximum Gasteiger partial charge on any atom is 0.242 e. The van der Waals surface area contributed by atoms with Crippen LogP contribution in [0, 0.1) is 5.92 Å². The summed E-state index contributed by atoms with van der Waals surface area (Å²) in [5.74, 6) is 0.430. The van der Waals surface area contributed by atoms with Crippen molar-refractivity contribution in [1.29, 1.82) is 0 Å². The maximum atomic E-state index is 12.2. The van der Waals surface area contributed by atoms with Crippen molar-refractivity contribution < 1.29 is 13.5 Å². The molecule has 18 heavy (non-hydrogen) atoms. The Hall–Kier alpha value is -0.850. The molecule has 1 saturated carbocycles. The van der Waals surface area contributed by atoms with Gasteiger partial charge in [0.1, 0.15) is 0 Å². The summed E-state index contributed by atoms with van der Waals surface area (Å²) < 4.78 is 27.1. The van der Waals surface area contributed by atoms with Crippen LogP contribution in [0.1, 0.15) is 32.6 Å². The van der Waals surface area contributed by atoms with Crippen molar-refractivity contribution in [3.8, 4) is 0 Å². The molecule has 1 aliphatic carbocycles. The predicted molar refractivity (Wildman–Crippen MR) is 68.6 cm³/mol. The number of aromatic nitrogens is 1. The summed E-state index contributed by atoms with van der Waals surface area (Å²) >= 11 is 0. The lowest BCUT2D eigenvalue weighted by atomic mass is 9.78. The molecule has 0 bridgehead atoms. The first kappa shape index (κ1) is 13.6. The number of aromatic amines is 1. The third kappa shape index (κ3) is 2.76. The third-order valence-electron chi connectivity index (χ3n) is 3.62. The van der Waals surface area contributed by atoms with Crippen molar-refractivity contribution in [2.24, 2.45) is 5.92 Å². The van der Waals surface area contributed by atoms with Gasteiger partial charge in [0.05, 0.1) is 17.0 Å². The normalized spacial score (nSPS) is 29.3. The molecular formula is C12H20N2O3S. The topological polar surface area (TPSA) is 82.2 Å². The summed E-state index contributed by atoms with van der Waals surface area (Å²) in [6.07, 6.45) is 6.43. The number of rotatable bonds is 4. The molecule has 102 valence electrons. The van der Waals surface area contributed by atoms with Gasteiger partial charge in [-0.05, 0) is 24.8 Å². The maximum absolute atomic E-state index is 12.2. The molecule has 0 saturated heterocycles. The first-order valence-corrected chi connectivity index (χ1v) is 7.73. The van der Waals surface area contributed by atoms with Crippen molar-refractivity contribution >= 4 is 10.0 Å². The molecule has 1 aliphatic rings. The van der Waals surface area contributed by atoms with E-state index in [1.54, 1.807) is 6.20 Å². The minimum atomic E-state index is -3.55. The van der Waals surface area contributed by atoms with Gasteiger partial charge in [-0.1, -0.05) is 19.8 Å². The molecular weight excluding hydrogens is 252 g/mol. The zero-order valence-electron chi connectivity index (χ0n) is 10.5. The van der Waals surface area contributed by atoms with Crippen molar-refractivity contribution in [2.75, 3.05) is 6.61 Å². The minimum absolute atomic E-state index is 0.152. The van der Waals surface area contributed by atoms with E-state index < -0.39 is 15.6 Å². The predicted octanol–water partition coefficient (Wildman–Crippen LogP) is 1.23. The molecule has 1 heterocycles. The molecule has 3 N–H and O–H groups in total. The highest BCUT2D eigenvalue weighted by Gasteiger charge is 2.38. The van der Waals surface area contributed by atoms with Crippen LogP contribution in [0.3, 0.4) is 0 Å². The Balaban J connectivity index is 2.20. The summed E-state index contributed by atoms with van der Waals surface area (Å²) in [7, 11) is -3.55. The molecule has 6 heteroatoms. The van der Waals surface area contributed by atoms with Gasteiger partial charge in [-0.25, -0.2) is 13.1 Å². The van der Waals surface area contributed by atoms with Crippen LogP contribution in [0.2, 0.25) is 0 Å². The van der Waals surface area contributed by atoms with Crippen molar-refractivity contribution in [1.82, 2.24) is 9.71 Å². The second-order valence-corrected chi connectivity index (χ2v) is 6.97. The lowest BCUT2D eigenvalue weighted by Crippen LogP contribution is -2.53. The largest absolute Gasteiger partial charge is 0.394 e. The molecule has 1 aromatic rings. The fourth-order valence-electron chi connectivity index (χ4n) is 2.75. The molecule has 2 atom stereocenters. The Bertz CT molecular complexity index is 483. The van der Waals surface area contributed by atoms with Crippen LogP contribution in [-0.4, -0.2) is 30.7 Å². The van der Waals surface area contributed by atoms with Crippen molar-refractivity contribution in [3.05, 3.63) is 18.5 Å². The lowest BCUT2D eigenvalue weighted by molar-refractivity contribution is 0.120. The highest BCUT2D eigenvalue weighted by Crippen LogP contribution is 2.33. The second-order valence-electron chi connectivity index (χ2n) is 5.29. The molecule has 5 nitrogen and oxygen atoms in total. The van der Waals surface area contributed by atoms with Gasteiger partial charge in [-0.3, -0.25) is 0 Å². The van der Waals surface area contributed by atoms with Crippen LogP contribution >= 0.6 is 0 Å². The van der Waals surface area contributed by atoms with Crippen LogP contribution < -0.4 is 4.72 Å². The van der Waals surface area contributed by atoms with Gasteiger partial charge in [-0.2, -0.15) is 0 Å². The summed E-state index contributed by atoms with van der Waals surface area (Å²) in [5, 5.41) is 9.59. The molecule has 0 radical (unpaired) electrons. The molecule has 2 rings (SSSR count). The standard InChI is InChI=1S/C12H20N2O3S/c1-10-3-2-5-12(7-10,9-15)14-18(16,17)11-4-6-13-8-11/h4,6,8,10,13-15H,2-3,5,7,9H2,1H3. The minimum Gasteiger partial charge on any atom is -0.394 e. The highest BCUT2D eigenvalue weighted by molar-refractivity contribution is 7.89. The van der Waals surface area contributed by atoms with Crippen LogP contribution in [0.25, 0.3) is 0 Å². The van der Waals surface area contributed by atoms with E-state index in [9.17, 15) is 13.5 Å². The number of hydrogen-bond acceptors (Lipinski definition) is 3. The molecule has 0 aliphatic heterocycles. The van der Waals surface area contributed by atoms with Gasteiger partial charge in [0, 0.05) is 12.4 Å². The first-order valence-electron chi connectivity index (χ1n) is 6.25. The summed E-state index contributed by atoms with van der Waals surface area (Å²) in [5.41, 5.74) is -0.701. The number of sulfonamides is 1. The Labute approximate surface area is 108 Å². The second kappa shape index (κ2) is 5.03. The van der Waals surface area contributed by atoms with E-state index in [-0.39, 0.29) is 11.5 Å². The SMILES string of the molecule is CC1CCCC(CO)(NS(=O)(=O)c2cc[nH]c2)C1. The quantitative estimate of drug-likeness (QED) is 0.771. The lowest BCUT2D eigenvalue weighted by Gasteiger charge is -2.38. The van der Waals surface area contributed by atoms with Gasteiger partial charge < -0.3 is 10.1 Å². The number of aliphatic hydroxyl groups is 1. The third-order valence-corrected chi connectivity index (χ3v) is 5.20. The van der Waals surface area contributed by atoms with E-state index in [2.05, 4.69) is 16.6 Å². The van der Waals surface area contributed by atoms with Gasteiger partial charge in [0.15, 0.2) is 0 Å². The number of nitrogens with one attached hydrogen (secondary N) is 2. The smallest absolute Gasteiger partial charge is 0.242 e. The van der Waals surface area contributed by atoms with E-state index in [0.717, 1.165) is 12.8 Å². The zero-order chi connectivity index (χ0) is 13.2. The van der Waals surface area contributed by atoms with Crippen molar-refractivity contribution in [2.45, 2.75) is 43.0 Å². The summed E-state index contributed by atoms with van der Waals surface area (Å²) in [6.45, 7) is 1.94. The first-order chi connectivity index (χ1) is 8.47. The Morgan fingerprint density at radius 1 is 1.61 bits per heavy atom. The Morgan fingerprint density at radius 2 is 2.39 bits per heavy atom. The van der Waals surface area contributed by atoms with Crippen LogP contribution in [0.15, 0.2) is 23.4 Å². The number of hydrogen-bond donors (Lipinski definition) is 3. The molecule has 0 amide bonds. The van der Waals surface area contributed by atoms with Gasteiger partial charge >= 0.3 is 0 Å². The highest BCUT2D eigenvalue weighted by atomic mass is 32.2. The van der Waals surface area contributed by atoms with Gasteiger partial charge in [0.25, 0.3) is 0 Å². The van der Waals surface area contributed by atoms with Gasteiger partial charge in [0.2, 0.25) is 10.0 Å². The molecule has 1 fully saturated rings. The van der Waals surface area contributed by atoms with E-state index >= 15 is 0 Å². The van der Waals surface area contributed by atoms with Crippen LogP contribution in [0.4, 0.5) is 0 Å². The monoisotopic (exact) mass is 272 g/mol. The molecule has 0 spiro atoms. The van der Waals surface area contributed by atoms with E-state index in [1.807, 2.05) is 0 Å². The molecule has 0 aromatic carbocycles. The molecule has 2 unspecified atom stereocenters. The Kier molecular flexibility index (Phi) is 3.79. The van der Waals surface area contributed by atoms with Gasteiger partial charge in [-0.15, -0.1) is 0 Å². The average molecular weight is 272 g/mol. The fraction of sp³-hybridized carbons (Fsp3) is 0.667. The van der Waals surface area contributed by atoms with E-state index in [1.165, 1.54) is 12.3 Å². The number of H-pyrrole nitrogens is 1. The average Bonchev–Trinajstić information content (AvgIpc) is 2.82. The fourth-order valence-corrected chi connectivity index (χ4v) is 4.16. The van der Waals surface area contributed by atoms with E-state index in [0.29, 0.717) is 18.8 Å². The Morgan fingerprint density at radius 3 is 2.94 bits per heavy atom. The molecule has 1 aromatic heterocycles. The van der Waals surface area contributed by atoms with E-state index in [4.69, 9.17) is 0 Å². The van der Waals surface area contributed by atoms with Crippen LogP contribution in [-0.2, 0) is 10.0 Å². The summed E-state index contributed by atoms with van der Waals surface area (Å²) in [4.78, 5) is 2.95. The number of aliphatic hydroxyl groups excluding tert-OH is 1. The summed E-state index contributed by atoms with van der Waals surface area (Å²) in [6, 6.07) is 1.51. The van der Waals surface area contributed by atoms with Crippen molar-refractivity contribution in [3.63, 3.8) is 0 Å². The zero-order valence-corrected chi connectivity index (χ0v) is 11.3.